The number of carbonyl (C=O) groups is 1. The van der Waals surface area contributed by atoms with Crippen molar-refractivity contribution < 1.29 is 24.1 Å². The van der Waals surface area contributed by atoms with Gasteiger partial charge in [-0.3, -0.25) is 4.79 Å². The molecule has 1 aromatic heterocycles. The molecule has 2 atom stereocenters. The molecular formula is C24H27NO6. The number of ether oxygens (including phenoxy) is 3. The number of hydrogen-bond donors (Lipinski definition) is 1. The lowest BCUT2D eigenvalue weighted by atomic mass is 9.81. The van der Waals surface area contributed by atoms with Gasteiger partial charge in [0, 0.05) is 49.9 Å². The smallest absolute Gasteiger partial charge is 0.341 e. The van der Waals surface area contributed by atoms with E-state index in [9.17, 15) is 14.7 Å². The van der Waals surface area contributed by atoms with Gasteiger partial charge in [-0.25, -0.2) is 4.79 Å². The fourth-order valence-corrected chi connectivity index (χ4v) is 5.61. The average Bonchev–Trinajstić information content (AvgIpc) is 3.44. The Morgan fingerprint density at radius 2 is 1.97 bits per heavy atom. The molecule has 1 aliphatic heterocycles. The zero-order valence-electron chi connectivity index (χ0n) is 17.8. The zero-order valence-corrected chi connectivity index (χ0v) is 17.8. The van der Waals surface area contributed by atoms with Gasteiger partial charge in [-0.2, -0.15) is 0 Å². The van der Waals surface area contributed by atoms with Crippen LogP contribution in [-0.2, 0) is 4.74 Å². The van der Waals surface area contributed by atoms with Crippen LogP contribution in [0.25, 0.3) is 11.3 Å². The second kappa shape index (κ2) is 7.41. The van der Waals surface area contributed by atoms with Crippen molar-refractivity contribution in [2.75, 3.05) is 27.4 Å². The lowest BCUT2D eigenvalue weighted by Crippen LogP contribution is -2.29. The molecule has 31 heavy (non-hydrogen) atoms. The standard InChI is InChI=1S/C24H27NO6/c1-29-8-3-9-31-21-10-15-14-4-5-24(6-7-24)22(14)25-13-17(23(27)28)19(26)12-18(25)16(15)11-20(21)30-2/h10-14,22H,3-9H2,1-2H3,(H,27,28)/t14-,22+/m1/s1. The molecule has 2 aliphatic carbocycles. The van der Waals surface area contributed by atoms with Gasteiger partial charge in [0.15, 0.2) is 16.9 Å². The maximum Gasteiger partial charge on any atom is 0.341 e. The second-order valence-corrected chi connectivity index (χ2v) is 8.89. The number of benzene rings is 1. The third-order valence-electron chi connectivity index (χ3n) is 7.23. The first-order chi connectivity index (χ1) is 15.0. The molecule has 1 aromatic carbocycles. The molecule has 2 fully saturated rings. The highest BCUT2D eigenvalue weighted by Gasteiger charge is 2.59. The van der Waals surface area contributed by atoms with Crippen molar-refractivity contribution in [1.82, 2.24) is 4.57 Å². The van der Waals surface area contributed by atoms with Crippen LogP contribution in [0.4, 0.5) is 0 Å². The van der Waals surface area contributed by atoms with E-state index in [1.807, 2.05) is 6.07 Å². The van der Waals surface area contributed by atoms with Gasteiger partial charge in [-0.05, 0) is 48.8 Å². The molecule has 3 aliphatic rings. The summed E-state index contributed by atoms with van der Waals surface area (Å²) in [6, 6.07) is 5.65. The molecule has 1 spiro atoms. The van der Waals surface area contributed by atoms with E-state index in [0.717, 1.165) is 43.4 Å². The van der Waals surface area contributed by atoms with Gasteiger partial charge in [0.05, 0.1) is 19.4 Å². The van der Waals surface area contributed by atoms with Gasteiger partial charge in [0.2, 0.25) is 0 Å². The predicted octanol–water partition coefficient (Wildman–Crippen LogP) is 3.85. The Morgan fingerprint density at radius 3 is 2.65 bits per heavy atom. The number of aromatic nitrogens is 1. The van der Waals surface area contributed by atoms with Crippen LogP contribution in [0.3, 0.4) is 0 Å². The highest BCUT2D eigenvalue weighted by atomic mass is 16.5. The molecule has 2 heterocycles. The van der Waals surface area contributed by atoms with Crippen molar-refractivity contribution in [1.29, 1.82) is 0 Å². The summed E-state index contributed by atoms with van der Waals surface area (Å²) in [5.74, 6) is 0.394. The molecule has 0 amide bonds. The maximum absolute atomic E-state index is 12.6. The normalized spacial score (nSPS) is 21.9. The minimum absolute atomic E-state index is 0.168. The van der Waals surface area contributed by atoms with Crippen LogP contribution in [0.1, 0.15) is 60.0 Å². The molecule has 1 N–H and O–H groups in total. The molecule has 0 unspecified atom stereocenters. The third kappa shape index (κ3) is 3.14. The molecule has 7 heteroatoms. The molecule has 0 radical (unpaired) electrons. The van der Waals surface area contributed by atoms with Gasteiger partial charge in [-0.15, -0.1) is 0 Å². The lowest BCUT2D eigenvalue weighted by Gasteiger charge is -2.37. The fourth-order valence-electron chi connectivity index (χ4n) is 5.61. The van der Waals surface area contributed by atoms with E-state index in [-0.39, 0.29) is 22.9 Å². The number of aromatic carboxylic acids is 1. The van der Waals surface area contributed by atoms with Crippen LogP contribution in [0.15, 0.2) is 29.2 Å². The Kier molecular flexibility index (Phi) is 4.81. The first-order valence-electron chi connectivity index (χ1n) is 10.8. The van der Waals surface area contributed by atoms with Crippen molar-refractivity contribution in [2.24, 2.45) is 5.41 Å². The second-order valence-electron chi connectivity index (χ2n) is 8.89. The first kappa shape index (κ1) is 20.1. The molecule has 2 aromatic rings. The number of fused-ring (bicyclic) bond motifs is 7. The minimum atomic E-state index is -1.18. The van der Waals surface area contributed by atoms with Gasteiger partial charge in [0.25, 0.3) is 0 Å². The summed E-state index contributed by atoms with van der Waals surface area (Å²) in [5.41, 5.74) is 2.43. The minimum Gasteiger partial charge on any atom is -0.493 e. The van der Waals surface area contributed by atoms with Crippen LogP contribution in [-0.4, -0.2) is 43.1 Å². The van der Waals surface area contributed by atoms with Crippen LogP contribution in [0.5, 0.6) is 11.5 Å². The summed E-state index contributed by atoms with van der Waals surface area (Å²) >= 11 is 0. The Hall–Kier alpha value is -2.80. The summed E-state index contributed by atoms with van der Waals surface area (Å²) in [7, 11) is 3.27. The van der Waals surface area contributed by atoms with E-state index in [1.54, 1.807) is 20.4 Å². The lowest BCUT2D eigenvalue weighted by molar-refractivity contribution is 0.0694. The van der Waals surface area contributed by atoms with E-state index < -0.39 is 11.4 Å². The molecule has 164 valence electrons. The number of rotatable bonds is 7. The first-order valence-corrected chi connectivity index (χ1v) is 10.8. The predicted molar refractivity (Wildman–Crippen MR) is 114 cm³/mol. The van der Waals surface area contributed by atoms with E-state index in [0.29, 0.717) is 24.7 Å². The third-order valence-corrected chi connectivity index (χ3v) is 7.23. The number of methoxy groups -OCH3 is 2. The van der Waals surface area contributed by atoms with Gasteiger partial charge >= 0.3 is 5.97 Å². The Bertz CT molecular complexity index is 1100. The van der Waals surface area contributed by atoms with Crippen molar-refractivity contribution in [3.8, 4) is 22.8 Å². The number of nitrogens with zero attached hydrogens (tertiary/aromatic N) is 1. The molecule has 0 saturated heterocycles. The van der Waals surface area contributed by atoms with Crippen molar-refractivity contribution in [3.63, 3.8) is 0 Å². The highest BCUT2D eigenvalue weighted by molar-refractivity contribution is 5.88. The van der Waals surface area contributed by atoms with Crippen LogP contribution >= 0.6 is 0 Å². The van der Waals surface area contributed by atoms with Crippen molar-refractivity contribution in [3.05, 3.63) is 45.7 Å². The zero-order chi connectivity index (χ0) is 21.8. The van der Waals surface area contributed by atoms with Crippen molar-refractivity contribution in [2.45, 2.75) is 44.1 Å². The quantitative estimate of drug-likeness (QED) is 0.678. The summed E-state index contributed by atoms with van der Waals surface area (Å²) in [5, 5.41) is 9.53. The van der Waals surface area contributed by atoms with E-state index in [1.165, 1.54) is 11.6 Å². The van der Waals surface area contributed by atoms with Gasteiger partial charge in [-0.1, -0.05) is 0 Å². The Labute approximate surface area is 180 Å². The Morgan fingerprint density at radius 1 is 1.16 bits per heavy atom. The SMILES string of the molecule is COCCCOc1cc2c(cc1OC)-c1cc(=O)c(C(=O)O)cn1[C@H]1[C@@H]2CCC12CC2. The summed E-state index contributed by atoms with van der Waals surface area (Å²) < 4.78 is 18.8. The van der Waals surface area contributed by atoms with E-state index in [2.05, 4.69) is 10.6 Å². The molecule has 7 nitrogen and oxygen atoms in total. The fraction of sp³-hybridized carbons (Fsp3) is 0.500. The number of hydrogen-bond acceptors (Lipinski definition) is 5. The van der Waals surface area contributed by atoms with Gasteiger partial charge < -0.3 is 23.9 Å². The average molecular weight is 425 g/mol. The van der Waals surface area contributed by atoms with Crippen LogP contribution in [0, 0.1) is 5.41 Å². The monoisotopic (exact) mass is 425 g/mol. The summed E-state index contributed by atoms with van der Waals surface area (Å²) in [6.07, 6.45) is 6.80. The molecule has 2 saturated carbocycles. The summed E-state index contributed by atoms with van der Waals surface area (Å²) in [6.45, 7) is 1.15. The Balaban J connectivity index is 1.65. The molecule has 0 bridgehead atoms. The van der Waals surface area contributed by atoms with E-state index in [4.69, 9.17) is 14.2 Å². The maximum atomic E-state index is 12.6. The topological polar surface area (TPSA) is 87.0 Å². The molecular weight excluding hydrogens is 398 g/mol. The number of pyridine rings is 1. The summed E-state index contributed by atoms with van der Waals surface area (Å²) in [4.78, 5) is 24.2. The van der Waals surface area contributed by atoms with Crippen LogP contribution in [0.2, 0.25) is 0 Å². The van der Waals surface area contributed by atoms with E-state index >= 15 is 0 Å². The highest BCUT2D eigenvalue weighted by Crippen LogP contribution is 2.70. The van der Waals surface area contributed by atoms with Crippen LogP contribution < -0.4 is 14.9 Å². The van der Waals surface area contributed by atoms with Gasteiger partial charge in [0.1, 0.15) is 5.56 Å². The largest absolute Gasteiger partial charge is 0.493 e. The number of carboxylic acids is 1. The van der Waals surface area contributed by atoms with Crippen molar-refractivity contribution >= 4 is 5.97 Å². The number of carboxylic acid groups (broad SMARTS) is 1. The molecule has 5 rings (SSSR count).